The Labute approximate surface area is 181 Å². The Kier molecular flexibility index (Phi) is 5.64. The fourth-order valence-electron chi connectivity index (χ4n) is 4.75. The van der Waals surface area contributed by atoms with Crippen molar-refractivity contribution in [2.45, 2.75) is 38.1 Å². The number of hydrogen-bond donors (Lipinski definition) is 1. The number of nitrogens with one attached hydrogen (secondary N) is 1. The highest BCUT2D eigenvalue weighted by atomic mass is 19.1. The first-order valence-corrected chi connectivity index (χ1v) is 11.2. The van der Waals surface area contributed by atoms with Gasteiger partial charge < -0.3 is 10.2 Å². The molecule has 1 amide bonds. The van der Waals surface area contributed by atoms with E-state index in [1.807, 2.05) is 24.3 Å². The molecular weight excluding hydrogens is 391 g/mol. The Morgan fingerprint density at radius 1 is 1.13 bits per heavy atom. The summed E-state index contributed by atoms with van der Waals surface area (Å²) in [5, 5.41) is 14.0. The molecule has 1 aliphatic carbocycles. The summed E-state index contributed by atoms with van der Waals surface area (Å²) in [6.07, 6.45) is 7.52. The topological polar surface area (TPSA) is 58.1 Å². The van der Waals surface area contributed by atoms with Crippen LogP contribution in [-0.2, 0) is 6.42 Å². The van der Waals surface area contributed by atoms with E-state index in [1.54, 1.807) is 23.2 Å². The van der Waals surface area contributed by atoms with Gasteiger partial charge in [-0.25, -0.2) is 4.39 Å². The van der Waals surface area contributed by atoms with Gasteiger partial charge in [0, 0.05) is 36.3 Å². The molecule has 1 N–H and O–H groups in total. The molecule has 5 rings (SSSR count). The Hall–Kier alpha value is -2.86. The molecule has 1 saturated heterocycles. The standard InChI is InChI=1S/C25H27FN4O/c26-23-10-9-18(12-24-21-8-4-3-7-19(21)14-28-29-24)11-22(23)25(31)30-15-20(16-30)27-13-17-5-1-2-6-17/h3-4,7-11,14,17,20,27H,1-2,5-6,12-13,15-16H2. The summed E-state index contributed by atoms with van der Waals surface area (Å²) < 4.78 is 14.5. The Bertz CT molecular complexity index is 1080. The van der Waals surface area contributed by atoms with Crippen LogP contribution in [0.25, 0.3) is 10.8 Å². The molecule has 0 unspecified atom stereocenters. The maximum Gasteiger partial charge on any atom is 0.256 e. The number of carbonyl (C=O) groups excluding carboxylic acids is 1. The van der Waals surface area contributed by atoms with Crippen LogP contribution in [0.15, 0.2) is 48.7 Å². The van der Waals surface area contributed by atoms with Crippen LogP contribution in [-0.4, -0.2) is 46.7 Å². The Morgan fingerprint density at radius 2 is 1.94 bits per heavy atom. The van der Waals surface area contributed by atoms with Crippen LogP contribution in [0.3, 0.4) is 0 Å². The van der Waals surface area contributed by atoms with Crippen molar-refractivity contribution in [2.75, 3.05) is 19.6 Å². The van der Waals surface area contributed by atoms with Crippen LogP contribution < -0.4 is 5.32 Å². The zero-order valence-electron chi connectivity index (χ0n) is 17.6. The molecule has 0 bridgehead atoms. The predicted molar refractivity (Wildman–Crippen MR) is 118 cm³/mol. The number of hydrogen-bond acceptors (Lipinski definition) is 4. The van der Waals surface area contributed by atoms with Crippen molar-refractivity contribution in [2.24, 2.45) is 5.92 Å². The van der Waals surface area contributed by atoms with E-state index in [4.69, 9.17) is 0 Å². The van der Waals surface area contributed by atoms with E-state index in [2.05, 4.69) is 15.5 Å². The van der Waals surface area contributed by atoms with Crippen molar-refractivity contribution in [3.63, 3.8) is 0 Å². The lowest BCUT2D eigenvalue weighted by Crippen LogP contribution is -2.60. The second-order valence-electron chi connectivity index (χ2n) is 8.84. The molecule has 5 nitrogen and oxygen atoms in total. The second-order valence-corrected chi connectivity index (χ2v) is 8.84. The molecule has 2 aliphatic rings. The molecule has 1 saturated carbocycles. The average molecular weight is 419 g/mol. The number of aromatic nitrogens is 2. The molecule has 3 aromatic rings. The fourth-order valence-corrected chi connectivity index (χ4v) is 4.75. The minimum atomic E-state index is -0.472. The summed E-state index contributed by atoms with van der Waals surface area (Å²) in [4.78, 5) is 14.6. The van der Waals surface area contributed by atoms with Gasteiger partial charge in [0.15, 0.2) is 0 Å². The van der Waals surface area contributed by atoms with E-state index in [1.165, 1.54) is 31.7 Å². The summed E-state index contributed by atoms with van der Waals surface area (Å²) >= 11 is 0. The van der Waals surface area contributed by atoms with Crippen molar-refractivity contribution in [1.82, 2.24) is 20.4 Å². The van der Waals surface area contributed by atoms with E-state index in [9.17, 15) is 9.18 Å². The zero-order valence-corrected chi connectivity index (χ0v) is 17.6. The maximum absolute atomic E-state index is 14.5. The summed E-state index contributed by atoms with van der Waals surface area (Å²) in [5.41, 5.74) is 1.81. The van der Waals surface area contributed by atoms with Gasteiger partial charge in [0.05, 0.1) is 17.5 Å². The van der Waals surface area contributed by atoms with Crippen LogP contribution in [0, 0.1) is 11.7 Å². The maximum atomic E-state index is 14.5. The molecule has 160 valence electrons. The number of benzene rings is 2. The summed E-state index contributed by atoms with van der Waals surface area (Å²) in [7, 11) is 0. The molecule has 1 aromatic heterocycles. The largest absolute Gasteiger partial charge is 0.335 e. The molecule has 2 fully saturated rings. The van der Waals surface area contributed by atoms with Gasteiger partial charge >= 0.3 is 0 Å². The highest BCUT2D eigenvalue weighted by molar-refractivity contribution is 5.95. The van der Waals surface area contributed by atoms with Crippen LogP contribution >= 0.6 is 0 Å². The molecular formula is C25H27FN4O. The molecule has 31 heavy (non-hydrogen) atoms. The summed E-state index contributed by atoms with van der Waals surface area (Å²) in [6.45, 7) is 2.32. The normalized spacial score (nSPS) is 17.3. The number of nitrogens with zero attached hydrogens (tertiary/aromatic N) is 3. The summed E-state index contributed by atoms with van der Waals surface area (Å²) in [5.74, 6) is 0.0680. The summed E-state index contributed by atoms with van der Waals surface area (Å²) in [6, 6.07) is 13.0. The van der Waals surface area contributed by atoms with Gasteiger partial charge in [0.1, 0.15) is 5.82 Å². The lowest BCUT2D eigenvalue weighted by molar-refractivity contribution is 0.0558. The average Bonchev–Trinajstić information content (AvgIpc) is 3.28. The number of carbonyl (C=O) groups is 1. The van der Waals surface area contributed by atoms with Crippen molar-refractivity contribution >= 4 is 16.7 Å². The van der Waals surface area contributed by atoms with Gasteiger partial charge in [-0.3, -0.25) is 4.79 Å². The van der Waals surface area contributed by atoms with Gasteiger partial charge in [-0.1, -0.05) is 43.2 Å². The van der Waals surface area contributed by atoms with E-state index < -0.39 is 5.82 Å². The molecule has 0 radical (unpaired) electrons. The third-order valence-electron chi connectivity index (χ3n) is 6.62. The van der Waals surface area contributed by atoms with Crippen LogP contribution in [0.1, 0.15) is 47.3 Å². The Balaban J connectivity index is 1.25. The third kappa shape index (κ3) is 4.30. The zero-order chi connectivity index (χ0) is 21.2. The second kappa shape index (κ2) is 8.71. The van der Waals surface area contributed by atoms with Gasteiger partial charge in [0.25, 0.3) is 5.91 Å². The van der Waals surface area contributed by atoms with Gasteiger partial charge in [-0.2, -0.15) is 10.2 Å². The Morgan fingerprint density at radius 3 is 2.77 bits per heavy atom. The number of fused-ring (bicyclic) bond motifs is 1. The molecule has 6 heteroatoms. The molecule has 1 aliphatic heterocycles. The minimum absolute atomic E-state index is 0.139. The predicted octanol–water partition coefficient (Wildman–Crippen LogP) is 3.96. The van der Waals surface area contributed by atoms with Crippen molar-refractivity contribution in [3.8, 4) is 0 Å². The lowest BCUT2D eigenvalue weighted by Gasteiger charge is -2.40. The molecule has 0 spiro atoms. The first-order chi connectivity index (χ1) is 15.2. The molecule has 2 heterocycles. The van der Waals surface area contributed by atoms with Crippen LogP contribution in [0.4, 0.5) is 4.39 Å². The highest BCUT2D eigenvalue weighted by Crippen LogP contribution is 2.25. The smallest absolute Gasteiger partial charge is 0.256 e. The van der Waals surface area contributed by atoms with Crippen molar-refractivity contribution in [1.29, 1.82) is 0 Å². The number of halogens is 1. The lowest BCUT2D eigenvalue weighted by atomic mass is 10.0. The first kappa shape index (κ1) is 20.1. The first-order valence-electron chi connectivity index (χ1n) is 11.2. The fraction of sp³-hybridized carbons (Fsp3) is 0.400. The van der Waals surface area contributed by atoms with E-state index >= 15 is 0 Å². The van der Waals surface area contributed by atoms with Crippen molar-refractivity contribution < 1.29 is 9.18 Å². The van der Waals surface area contributed by atoms with E-state index in [-0.39, 0.29) is 11.5 Å². The molecule has 2 aromatic carbocycles. The SMILES string of the molecule is O=C(c1cc(Cc2nncc3ccccc23)ccc1F)N1CC(NCC2CCCC2)C1. The quantitative estimate of drug-likeness (QED) is 0.658. The van der Waals surface area contributed by atoms with Gasteiger partial charge in [-0.15, -0.1) is 0 Å². The van der Waals surface area contributed by atoms with E-state index in [0.717, 1.165) is 34.5 Å². The number of rotatable bonds is 6. The third-order valence-corrected chi connectivity index (χ3v) is 6.62. The van der Waals surface area contributed by atoms with Crippen LogP contribution in [0.2, 0.25) is 0 Å². The number of amides is 1. The minimum Gasteiger partial charge on any atom is -0.335 e. The monoisotopic (exact) mass is 418 g/mol. The molecule has 0 atom stereocenters. The van der Waals surface area contributed by atoms with Crippen LogP contribution in [0.5, 0.6) is 0 Å². The van der Waals surface area contributed by atoms with Crippen molar-refractivity contribution in [3.05, 3.63) is 71.3 Å². The number of likely N-dealkylation sites (tertiary alicyclic amines) is 1. The van der Waals surface area contributed by atoms with Gasteiger partial charge in [-0.05, 0) is 43.0 Å². The van der Waals surface area contributed by atoms with Gasteiger partial charge in [0.2, 0.25) is 0 Å². The van der Waals surface area contributed by atoms with E-state index in [0.29, 0.717) is 25.6 Å². The highest BCUT2D eigenvalue weighted by Gasteiger charge is 2.32.